The smallest absolute Gasteiger partial charge is 0.272 e. The normalized spacial score (nSPS) is 10.6. The quantitative estimate of drug-likeness (QED) is 0.426. The van der Waals surface area contributed by atoms with Crippen molar-refractivity contribution in [3.63, 3.8) is 0 Å². The fourth-order valence-electron chi connectivity index (χ4n) is 2.13. The maximum atomic E-state index is 12.3. The minimum absolute atomic E-state index is 0.0115. The highest BCUT2D eigenvalue weighted by Gasteiger charge is 2.09. The fourth-order valence-corrected chi connectivity index (χ4v) is 2.82. The van der Waals surface area contributed by atoms with E-state index in [0.29, 0.717) is 15.8 Å². The number of carbonyl (C=O) groups is 1. The van der Waals surface area contributed by atoms with Gasteiger partial charge in [0.2, 0.25) is 5.91 Å². The second-order valence-electron chi connectivity index (χ2n) is 5.01. The highest BCUT2D eigenvalue weighted by atomic mass is 32.2. The number of thioether (sulfide) groups is 1. The number of fused-ring (bicyclic) bond motifs is 1. The molecule has 1 heterocycles. The van der Waals surface area contributed by atoms with Crippen molar-refractivity contribution < 1.29 is 9.72 Å². The molecule has 9 heteroatoms. The monoisotopic (exact) mass is 356 g/mol. The lowest BCUT2D eigenvalue weighted by atomic mass is 10.2. The predicted octanol–water partition coefficient (Wildman–Crippen LogP) is 2.17. The van der Waals surface area contributed by atoms with Gasteiger partial charge in [0.25, 0.3) is 11.2 Å². The summed E-state index contributed by atoms with van der Waals surface area (Å²) in [6.45, 7) is 0. The van der Waals surface area contributed by atoms with Crippen molar-refractivity contribution in [3.05, 3.63) is 75.3 Å². The van der Waals surface area contributed by atoms with Crippen molar-refractivity contribution in [1.82, 2.24) is 9.66 Å². The summed E-state index contributed by atoms with van der Waals surface area (Å²) in [6.07, 6.45) is 1.26. The zero-order valence-corrected chi connectivity index (χ0v) is 13.6. The van der Waals surface area contributed by atoms with Gasteiger partial charge in [0, 0.05) is 17.0 Å². The van der Waals surface area contributed by atoms with E-state index in [1.807, 2.05) is 0 Å². The molecule has 0 saturated carbocycles. The van der Waals surface area contributed by atoms with E-state index in [9.17, 15) is 19.7 Å². The molecule has 25 heavy (non-hydrogen) atoms. The van der Waals surface area contributed by atoms with Gasteiger partial charge in [-0.2, -0.15) is 0 Å². The minimum atomic E-state index is -0.486. The molecule has 0 radical (unpaired) electrons. The lowest BCUT2D eigenvalue weighted by molar-refractivity contribution is -0.384. The number of aromatic nitrogens is 2. The van der Waals surface area contributed by atoms with Gasteiger partial charge in [0.1, 0.15) is 6.33 Å². The Bertz CT molecular complexity index is 1000. The average Bonchev–Trinajstić information content (AvgIpc) is 2.63. The number of hydrogen-bond acceptors (Lipinski definition) is 6. The van der Waals surface area contributed by atoms with Gasteiger partial charge in [-0.05, 0) is 24.3 Å². The van der Waals surface area contributed by atoms with Crippen LogP contribution >= 0.6 is 11.8 Å². The lowest BCUT2D eigenvalue weighted by Gasteiger charge is -2.08. The Balaban J connectivity index is 1.66. The molecular weight excluding hydrogens is 344 g/mol. The Morgan fingerprint density at radius 3 is 2.64 bits per heavy atom. The number of nitrogens with one attached hydrogen (secondary N) is 1. The first-order valence-corrected chi connectivity index (χ1v) is 8.16. The molecule has 0 aliphatic carbocycles. The molecule has 3 rings (SSSR count). The van der Waals surface area contributed by atoms with E-state index in [-0.39, 0.29) is 22.9 Å². The maximum absolute atomic E-state index is 12.3. The van der Waals surface area contributed by atoms with Crippen molar-refractivity contribution in [2.75, 3.05) is 11.2 Å². The van der Waals surface area contributed by atoms with Crippen LogP contribution in [0.5, 0.6) is 0 Å². The largest absolute Gasteiger partial charge is 0.280 e. The van der Waals surface area contributed by atoms with Crippen molar-refractivity contribution >= 4 is 34.3 Å². The van der Waals surface area contributed by atoms with E-state index in [2.05, 4.69) is 10.4 Å². The third-order valence-electron chi connectivity index (χ3n) is 3.33. The molecule has 0 saturated heterocycles. The second kappa shape index (κ2) is 7.14. The molecule has 0 fully saturated rings. The Labute approximate surface area is 145 Å². The molecule has 0 spiro atoms. The van der Waals surface area contributed by atoms with Crippen molar-refractivity contribution in [2.45, 2.75) is 4.90 Å². The Morgan fingerprint density at radius 1 is 1.20 bits per heavy atom. The summed E-state index contributed by atoms with van der Waals surface area (Å²) in [6, 6.07) is 12.7. The van der Waals surface area contributed by atoms with E-state index >= 15 is 0 Å². The van der Waals surface area contributed by atoms with Crippen LogP contribution in [0.4, 0.5) is 5.69 Å². The molecule has 126 valence electrons. The van der Waals surface area contributed by atoms with Gasteiger partial charge in [-0.15, -0.1) is 11.8 Å². The molecule has 1 aromatic heterocycles. The van der Waals surface area contributed by atoms with Crippen LogP contribution in [0.2, 0.25) is 0 Å². The van der Waals surface area contributed by atoms with E-state index in [1.165, 1.54) is 30.2 Å². The van der Waals surface area contributed by atoms with Gasteiger partial charge in [-0.1, -0.05) is 12.1 Å². The van der Waals surface area contributed by atoms with Crippen LogP contribution < -0.4 is 11.0 Å². The van der Waals surface area contributed by atoms with Crippen LogP contribution in [0.1, 0.15) is 0 Å². The summed E-state index contributed by atoms with van der Waals surface area (Å²) in [7, 11) is 0. The molecule has 0 bridgehead atoms. The van der Waals surface area contributed by atoms with Crippen LogP contribution in [0, 0.1) is 10.1 Å². The average molecular weight is 356 g/mol. The summed E-state index contributed by atoms with van der Waals surface area (Å²) in [5.74, 6) is -0.334. The van der Waals surface area contributed by atoms with Crippen LogP contribution in [0.15, 0.2) is 64.5 Å². The first-order chi connectivity index (χ1) is 12.0. The number of non-ortho nitro benzene ring substituents is 1. The van der Waals surface area contributed by atoms with Gasteiger partial charge in [0.05, 0.1) is 21.6 Å². The molecule has 0 atom stereocenters. The SMILES string of the molecule is O=C(CSc1ccc([N+](=O)[O-])cc1)Nn1cnc2ccccc2c1=O. The molecule has 0 aliphatic heterocycles. The van der Waals surface area contributed by atoms with E-state index in [4.69, 9.17) is 0 Å². The maximum Gasteiger partial charge on any atom is 0.280 e. The molecule has 0 unspecified atom stereocenters. The second-order valence-corrected chi connectivity index (χ2v) is 6.06. The summed E-state index contributed by atoms with van der Waals surface area (Å²) in [5.41, 5.74) is 2.66. The summed E-state index contributed by atoms with van der Waals surface area (Å²) >= 11 is 1.21. The lowest BCUT2D eigenvalue weighted by Crippen LogP contribution is -2.34. The van der Waals surface area contributed by atoms with E-state index < -0.39 is 4.92 Å². The minimum Gasteiger partial charge on any atom is -0.272 e. The number of carbonyl (C=O) groups excluding carboxylic acids is 1. The van der Waals surface area contributed by atoms with Crippen molar-refractivity contribution in [2.24, 2.45) is 0 Å². The van der Waals surface area contributed by atoms with Gasteiger partial charge >= 0.3 is 0 Å². The number of benzene rings is 2. The molecule has 1 N–H and O–H groups in total. The molecule has 2 aromatic carbocycles. The Kier molecular flexibility index (Phi) is 4.75. The van der Waals surface area contributed by atoms with Crippen LogP contribution in [-0.4, -0.2) is 26.2 Å². The highest BCUT2D eigenvalue weighted by molar-refractivity contribution is 8.00. The third-order valence-corrected chi connectivity index (χ3v) is 4.34. The zero-order valence-electron chi connectivity index (χ0n) is 12.8. The Hall–Kier alpha value is -3.20. The number of nitrogens with zero attached hydrogens (tertiary/aromatic N) is 3. The van der Waals surface area contributed by atoms with Crippen LogP contribution in [0.25, 0.3) is 10.9 Å². The predicted molar refractivity (Wildman–Crippen MR) is 94.2 cm³/mol. The van der Waals surface area contributed by atoms with Crippen LogP contribution in [-0.2, 0) is 4.79 Å². The molecule has 1 amide bonds. The summed E-state index contributed by atoms with van der Waals surface area (Å²) in [4.78, 5) is 39.2. The number of para-hydroxylation sites is 1. The van der Waals surface area contributed by atoms with E-state index in [1.54, 1.807) is 36.4 Å². The topological polar surface area (TPSA) is 107 Å². The van der Waals surface area contributed by atoms with Crippen molar-refractivity contribution in [1.29, 1.82) is 0 Å². The number of hydrogen-bond donors (Lipinski definition) is 1. The zero-order chi connectivity index (χ0) is 17.8. The number of amides is 1. The Morgan fingerprint density at radius 2 is 1.92 bits per heavy atom. The van der Waals surface area contributed by atoms with Crippen LogP contribution in [0.3, 0.4) is 0 Å². The van der Waals surface area contributed by atoms with Gasteiger partial charge < -0.3 is 0 Å². The molecule has 8 nitrogen and oxygen atoms in total. The van der Waals surface area contributed by atoms with E-state index in [0.717, 1.165) is 4.68 Å². The molecule has 0 aliphatic rings. The van der Waals surface area contributed by atoms with Gasteiger partial charge in [-0.3, -0.25) is 25.1 Å². The molecular formula is C16H12N4O4S. The van der Waals surface area contributed by atoms with Crippen molar-refractivity contribution in [3.8, 4) is 0 Å². The number of nitro benzene ring substituents is 1. The fraction of sp³-hybridized carbons (Fsp3) is 0.0625. The third kappa shape index (κ3) is 3.83. The highest BCUT2D eigenvalue weighted by Crippen LogP contribution is 2.21. The first kappa shape index (κ1) is 16.7. The summed E-state index contributed by atoms with van der Waals surface area (Å²) < 4.78 is 1.04. The molecule has 3 aromatic rings. The van der Waals surface area contributed by atoms with Gasteiger partial charge in [-0.25, -0.2) is 9.66 Å². The number of nitro groups is 1. The number of rotatable bonds is 5. The first-order valence-electron chi connectivity index (χ1n) is 7.18. The summed E-state index contributed by atoms with van der Waals surface area (Å²) in [5, 5.41) is 11.0. The standard InChI is InChI=1S/C16H12N4O4S/c21-15(9-25-12-7-5-11(6-8-12)20(23)24)18-19-10-17-14-4-2-1-3-13(14)16(19)22/h1-8,10H,9H2,(H,18,21). The van der Waals surface area contributed by atoms with Gasteiger partial charge in [0.15, 0.2) is 0 Å².